The minimum Gasteiger partial charge on any atom is -0.313 e. The van der Waals surface area contributed by atoms with Crippen molar-refractivity contribution in [3.63, 3.8) is 0 Å². The first-order valence-electron chi connectivity index (χ1n) is 7.84. The second kappa shape index (κ2) is 5.31. The molecule has 1 nitrogen and oxygen atoms in total. The lowest BCUT2D eigenvalue weighted by molar-refractivity contribution is -0.137. The SMILES string of the molecule is CCC1CC(CNC2CC2)(c2cccc(C(F)(F)F)c2)C1. The molecular weight excluding hydrogens is 275 g/mol. The first-order valence-corrected chi connectivity index (χ1v) is 7.84. The van der Waals surface area contributed by atoms with E-state index in [1.165, 1.54) is 25.0 Å². The zero-order valence-corrected chi connectivity index (χ0v) is 12.3. The van der Waals surface area contributed by atoms with Gasteiger partial charge in [-0.15, -0.1) is 0 Å². The highest BCUT2D eigenvalue weighted by Gasteiger charge is 2.45. The van der Waals surface area contributed by atoms with E-state index in [1.54, 1.807) is 6.07 Å². The second-order valence-electron chi connectivity index (χ2n) is 6.70. The second-order valence-corrected chi connectivity index (χ2v) is 6.70. The van der Waals surface area contributed by atoms with Gasteiger partial charge in [0, 0.05) is 18.0 Å². The van der Waals surface area contributed by atoms with E-state index >= 15 is 0 Å². The molecule has 0 atom stereocenters. The van der Waals surface area contributed by atoms with Crippen LogP contribution in [0.15, 0.2) is 24.3 Å². The van der Waals surface area contributed by atoms with Gasteiger partial charge < -0.3 is 5.32 Å². The van der Waals surface area contributed by atoms with E-state index in [0.717, 1.165) is 31.4 Å². The zero-order valence-electron chi connectivity index (χ0n) is 12.3. The van der Waals surface area contributed by atoms with E-state index in [4.69, 9.17) is 0 Å². The van der Waals surface area contributed by atoms with Crippen LogP contribution in [0.4, 0.5) is 13.2 Å². The molecule has 0 spiro atoms. The van der Waals surface area contributed by atoms with Crippen LogP contribution in [0, 0.1) is 5.92 Å². The van der Waals surface area contributed by atoms with Crippen LogP contribution in [0.2, 0.25) is 0 Å². The Bertz CT molecular complexity index is 499. The fraction of sp³-hybridized carbons (Fsp3) is 0.647. The number of hydrogen-bond donors (Lipinski definition) is 1. The molecule has 21 heavy (non-hydrogen) atoms. The summed E-state index contributed by atoms with van der Waals surface area (Å²) in [5, 5.41) is 3.52. The summed E-state index contributed by atoms with van der Waals surface area (Å²) in [6, 6.07) is 6.54. The van der Waals surface area contributed by atoms with Crippen LogP contribution >= 0.6 is 0 Å². The fourth-order valence-corrected chi connectivity index (χ4v) is 3.47. The van der Waals surface area contributed by atoms with Gasteiger partial charge in [0.15, 0.2) is 0 Å². The van der Waals surface area contributed by atoms with E-state index in [2.05, 4.69) is 12.2 Å². The summed E-state index contributed by atoms with van der Waals surface area (Å²) >= 11 is 0. The minimum absolute atomic E-state index is 0.0927. The zero-order chi connectivity index (χ0) is 15.1. The monoisotopic (exact) mass is 297 g/mol. The highest BCUT2D eigenvalue weighted by Crippen LogP contribution is 2.49. The molecule has 0 aromatic heterocycles. The Labute approximate surface area is 123 Å². The maximum Gasteiger partial charge on any atom is 0.416 e. The number of alkyl halides is 3. The van der Waals surface area contributed by atoms with Crippen LogP contribution in [-0.2, 0) is 11.6 Å². The maximum atomic E-state index is 12.9. The standard InChI is InChI=1S/C17H22F3N/c1-2-12-9-16(10-12,11-21-15-6-7-15)13-4-3-5-14(8-13)17(18,19)20/h3-5,8,12,15,21H,2,6-7,9-11H2,1H3. The third kappa shape index (κ3) is 3.10. The third-order valence-electron chi connectivity index (χ3n) is 5.04. The van der Waals surface area contributed by atoms with Crippen LogP contribution in [0.3, 0.4) is 0 Å². The van der Waals surface area contributed by atoms with Gasteiger partial charge in [0.1, 0.15) is 0 Å². The average Bonchev–Trinajstić information content (AvgIpc) is 3.21. The van der Waals surface area contributed by atoms with Gasteiger partial charge in [0.05, 0.1) is 5.56 Å². The van der Waals surface area contributed by atoms with Gasteiger partial charge in [-0.05, 0) is 43.2 Å². The number of rotatable bonds is 5. The topological polar surface area (TPSA) is 12.0 Å². The van der Waals surface area contributed by atoms with Crippen LogP contribution in [-0.4, -0.2) is 12.6 Å². The smallest absolute Gasteiger partial charge is 0.313 e. The molecule has 0 aliphatic heterocycles. The quantitative estimate of drug-likeness (QED) is 0.843. The highest BCUT2D eigenvalue weighted by molar-refractivity contribution is 5.34. The molecule has 3 rings (SSSR count). The molecule has 1 aromatic carbocycles. The summed E-state index contributed by atoms with van der Waals surface area (Å²) in [4.78, 5) is 0. The van der Waals surface area contributed by atoms with Crippen molar-refractivity contribution in [3.8, 4) is 0 Å². The summed E-state index contributed by atoms with van der Waals surface area (Å²) in [6.07, 6.45) is 1.28. The van der Waals surface area contributed by atoms with Crippen molar-refractivity contribution in [2.24, 2.45) is 5.92 Å². The summed E-state index contributed by atoms with van der Waals surface area (Å²) in [5.74, 6) is 0.653. The highest BCUT2D eigenvalue weighted by atomic mass is 19.4. The molecule has 0 radical (unpaired) electrons. The van der Waals surface area contributed by atoms with Crippen molar-refractivity contribution in [2.75, 3.05) is 6.54 Å². The normalized spacial score (nSPS) is 29.2. The first-order chi connectivity index (χ1) is 9.93. The Morgan fingerprint density at radius 3 is 2.52 bits per heavy atom. The number of benzene rings is 1. The largest absolute Gasteiger partial charge is 0.416 e. The predicted molar refractivity (Wildman–Crippen MR) is 77.2 cm³/mol. The summed E-state index contributed by atoms with van der Waals surface area (Å²) in [5.41, 5.74) is 0.241. The molecule has 0 heterocycles. The van der Waals surface area contributed by atoms with Crippen LogP contribution in [0.1, 0.15) is 50.2 Å². The van der Waals surface area contributed by atoms with Crippen LogP contribution in [0.25, 0.3) is 0 Å². The Balaban J connectivity index is 1.82. The van der Waals surface area contributed by atoms with Gasteiger partial charge in [0.2, 0.25) is 0 Å². The van der Waals surface area contributed by atoms with Gasteiger partial charge >= 0.3 is 6.18 Å². The lowest BCUT2D eigenvalue weighted by atomic mass is 9.57. The number of nitrogens with one attached hydrogen (secondary N) is 1. The molecule has 4 heteroatoms. The molecule has 1 aromatic rings. The van der Waals surface area contributed by atoms with Crippen molar-refractivity contribution < 1.29 is 13.2 Å². The molecule has 0 amide bonds. The van der Waals surface area contributed by atoms with Gasteiger partial charge in [-0.1, -0.05) is 31.5 Å². The van der Waals surface area contributed by atoms with Crippen LogP contribution in [0.5, 0.6) is 0 Å². The summed E-state index contributed by atoms with van der Waals surface area (Å²) < 4.78 is 38.8. The molecule has 2 saturated carbocycles. The van der Waals surface area contributed by atoms with Crippen molar-refractivity contribution in [2.45, 2.75) is 56.7 Å². The van der Waals surface area contributed by atoms with Crippen molar-refractivity contribution in [1.29, 1.82) is 0 Å². The Kier molecular flexibility index (Phi) is 3.76. The van der Waals surface area contributed by atoms with Crippen LogP contribution < -0.4 is 5.32 Å². The van der Waals surface area contributed by atoms with Crippen molar-refractivity contribution in [1.82, 2.24) is 5.32 Å². The minimum atomic E-state index is -4.25. The lowest BCUT2D eigenvalue weighted by Crippen LogP contribution is -2.49. The molecule has 0 saturated heterocycles. The van der Waals surface area contributed by atoms with E-state index in [-0.39, 0.29) is 5.41 Å². The summed E-state index contributed by atoms with van der Waals surface area (Å²) in [6.45, 7) is 2.98. The maximum absolute atomic E-state index is 12.9. The van der Waals surface area contributed by atoms with E-state index in [0.29, 0.717) is 12.0 Å². The third-order valence-corrected chi connectivity index (χ3v) is 5.04. The molecule has 0 bridgehead atoms. The first kappa shape index (κ1) is 14.9. The summed E-state index contributed by atoms with van der Waals surface area (Å²) in [7, 11) is 0. The van der Waals surface area contributed by atoms with Crippen molar-refractivity contribution in [3.05, 3.63) is 35.4 Å². The fourth-order valence-electron chi connectivity index (χ4n) is 3.47. The molecule has 116 valence electrons. The van der Waals surface area contributed by atoms with Gasteiger partial charge in [-0.2, -0.15) is 13.2 Å². The Morgan fingerprint density at radius 2 is 1.95 bits per heavy atom. The van der Waals surface area contributed by atoms with E-state index in [1.807, 2.05) is 6.07 Å². The van der Waals surface area contributed by atoms with E-state index in [9.17, 15) is 13.2 Å². The molecule has 2 fully saturated rings. The molecular formula is C17H22F3N. The Hall–Kier alpha value is -1.03. The Morgan fingerprint density at radius 1 is 1.24 bits per heavy atom. The molecule has 0 unspecified atom stereocenters. The number of hydrogen-bond acceptors (Lipinski definition) is 1. The van der Waals surface area contributed by atoms with Crippen molar-refractivity contribution >= 4 is 0 Å². The van der Waals surface area contributed by atoms with Gasteiger partial charge in [0.25, 0.3) is 0 Å². The molecule has 1 N–H and O–H groups in total. The van der Waals surface area contributed by atoms with Gasteiger partial charge in [-0.3, -0.25) is 0 Å². The number of halogens is 3. The predicted octanol–water partition coefficient (Wildman–Crippen LogP) is 4.52. The lowest BCUT2D eigenvalue weighted by Gasteiger charge is -2.49. The van der Waals surface area contributed by atoms with Gasteiger partial charge in [-0.25, -0.2) is 0 Å². The molecule has 2 aliphatic carbocycles. The average molecular weight is 297 g/mol. The van der Waals surface area contributed by atoms with E-state index < -0.39 is 11.7 Å². The molecule has 2 aliphatic rings.